The van der Waals surface area contributed by atoms with Crippen molar-refractivity contribution in [3.63, 3.8) is 0 Å². The van der Waals surface area contributed by atoms with Gasteiger partial charge in [0.1, 0.15) is 5.82 Å². The van der Waals surface area contributed by atoms with Gasteiger partial charge in [0.2, 0.25) is 0 Å². The lowest BCUT2D eigenvalue weighted by Gasteiger charge is -2.04. The van der Waals surface area contributed by atoms with Gasteiger partial charge in [-0.25, -0.2) is 4.39 Å². The second-order valence-corrected chi connectivity index (χ2v) is 3.31. The largest absolute Gasteiger partial charge is 0.313 e. The van der Waals surface area contributed by atoms with Crippen molar-refractivity contribution in [2.75, 3.05) is 6.54 Å². The zero-order valence-electron chi connectivity index (χ0n) is 8.23. The summed E-state index contributed by atoms with van der Waals surface area (Å²) in [6.45, 7) is 5.76. The first-order valence-corrected chi connectivity index (χ1v) is 4.69. The van der Waals surface area contributed by atoms with E-state index < -0.39 is 0 Å². The lowest BCUT2D eigenvalue weighted by Crippen LogP contribution is -2.13. The van der Waals surface area contributed by atoms with Crippen LogP contribution in [-0.2, 0) is 6.54 Å². The molecule has 0 saturated heterocycles. The van der Waals surface area contributed by atoms with Gasteiger partial charge in [0.25, 0.3) is 0 Å². The molecule has 1 aromatic carbocycles. The van der Waals surface area contributed by atoms with Crippen molar-refractivity contribution in [3.8, 4) is 0 Å². The molecule has 0 aliphatic rings. The molecule has 0 amide bonds. The standard InChI is InChI=1S/C11H16FN/c1-3-4-13-8-10-5-9(2)6-11(12)7-10/h5-7,13H,3-4,8H2,1-2H3. The van der Waals surface area contributed by atoms with Crippen LogP contribution in [0.25, 0.3) is 0 Å². The highest BCUT2D eigenvalue weighted by atomic mass is 19.1. The highest BCUT2D eigenvalue weighted by Crippen LogP contribution is 2.07. The summed E-state index contributed by atoms with van der Waals surface area (Å²) in [6, 6.07) is 5.13. The molecule has 1 rings (SSSR count). The molecule has 2 heteroatoms. The summed E-state index contributed by atoms with van der Waals surface area (Å²) in [4.78, 5) is 0. The van der Waals surface area contributed by atoms with Crippen molar-refractivity contribution < 1.29 is 4.39 Å². The molecular weight excluding hydrogens is 165 g/mol. The van der Waals surface area contributed by atoms with Crippen molar-refractivity contribution in [2.45, 2.75) is 26.8 Å². The van der Waals surface area contributed by atoms with Crippen LogP contribution in [0, 0.1) is 12.7 Å². The number of nitrogens with one attached hydrogen (secondary N) is 1. The Hall–Kier alpha value is -0.890. The van der Waals surface area contributed by atoms with Gasteiger partial charge in [0.15, 0.2) is 0 Å². The van der Waals surface area contributed by atoms with Crippen LogP contribution in [0.1, 0.15) is 24.5 Å². The van der Waals surface area contributed by atoms with Crippen molar-refractivity contribution in [3.05, 3.63) is 35.1 Å². The van der Waals surface area contributed by atoms with E-state index in [1.807, 2.05) is 13.0 Å². The summed E-state index contributed by atoms with van der Waals surface area (Å²) in [6.07, 6.45) is 1.11. The minimum Gasteiger partial charge on any atom is -0.313 e. The Morgan fingerprint density at radius 3 is 2.69 bits per heavy atom. The van der Waals surface area contributed by atoms with Crippen LogP contribution in [0.5, 0.6) is 0 Å². The van der Waals surface area contributed by atoms with Gasteiger partial charge in [-0.15, -0.1) is 0 Å². The Balaban J connectivity index is 2.56. The molecule has 1 nitrogen and oxygen atoms in total. The van der Waals surface area contributed by atoms with Gasteiger partial charge in [0.05, 0.1) is 0 Å². The summed E-state index contributed by atoms with van der Waals surface area (Å²) in [7, 11) is 0. The molecule has 0 bridgehead atoms. The Bertz CT molecular complexity index is 251. The van der Waals surface area contributed by atoms with E-state index in [0.29, 0.717) is 0 Å². The van der Waals surface area contributed by atoms with Gasteiger partial charge in [-0.05, 0) is 43.1 Å². The fourth-order valence-corrected chi connectivity index (χ4v) is 1.32. The molecule has 0 unspecified atom stereocenters. The maximum atomic E-state index is 12.9. The fourth-order valence-electron chi connectivity index (χ4n) is 1.32. The lowest BCUT2D eigenvalue weighted by molar-refractivity contribution is 0.618. The molecule has 0 spiro atoms. The zero-order valence-corrected chi connectivity index (χ0v) is 8.23. The number of hydrogen-bond acceptors (Lipinski definition) is 1. The van der Waals surface area contributed by atoms with Crippen LogP contribution >= 0.6 is 0 Å². The second kappa shape index (κ2) is 4.97. The van der Waals surface area contributed by atoms with E-state index in [1.165, 1.54) is 0 Å². The van der Waals surface area contributed by atoms with Crippen LogP contribution < -0.4 is 5.32 Å². The van der Waals surface area contributed by atoms with Crippen molar-refractivity contribution in [1.82, 2.24) is 5.32 Å². The van der Waals surface area contributed by atoms with Crippen LogP contribution in [0.3, 0.4) is 0 Å². The molecular formula is C11H16FN. The smallest absolute Gasteiger partial charge is 0.123 e. The van der Waals surface area contributed by atoms with Gasteiger partial charge < -0.3 is 5.32 Å². The van der Waals surface area contributed by atoms with Gasteiger partial charge in [0, 0.05) is 6.54 Å². The van der Waals surface area contributed by atoms with Gasteiger partial charge in [-0.1, -0.05) is 13.0 Å². The SMILES string of the molecule is CCCNCc1cc(C)cc(F)c1. The Labute approximate surface area is 79.0 Å². The Kier molecular flexibility index (Phi) is 3.90. The minimum atomic E-state index is -0.145. The first-order chi connectivity index (χ1) is 6.22. The zero-order chi connectivity index (χ0) is 9.68. The van der Waals surface area contributed by atoms with Crippen LogP contribution in [0.4, 0.5) is 4.39 Å². The van der Waals surface area contributed by atoms with E-state index in [0.717, 1.165) is 30.6 Å². The van der Waals surface area contributed by atoms with Crippen LogP contribution in [0.15, 0.2) is 18.2 Å². The number of hydrogen-bond donors (Lipinski definition) is 1. The van der Waals surface area contributed by atoms with E-state index in [2.05, 4.69) is 12.2 Å². The summed E-state index contributed by atoms with van der Waals surface area (Å²) in [5.41, 5.74) is 2.00. The molecule has 0 aliphatic carbocycles. The molecule has 13 heavy (non-hydrogen) atoms. The van der Waals surface area contributed by atoms with E-state index in [-0.39, 0.29) is 5.82 Å². The average molecular weight is 181 g/mol. The number of benzene rings is 1. The van der Waals surface area contributed by atoms with E-state index in [4.69, 9.17) is 0 Å². The summed E-state index contributed by atoms with van der Waals surface area (Å²) < 4.78 is 12.9. The lowest BCUT2D eigenvalue weighted by atomic mass is 10.1. The number of rotatable bonds is 4. The molecule has 0 aromatic heterocycles. The number of aryl methyl sites for hydroxylation is 1. The Morgan fingerprint density at radius 1 is 1.31 bits per heavy atom. The fraction of sp³-hybridized carbons (Fsp3) is 0.455. The van der Waals surface area contributed by atoms with E-state index >= 15 is 0 Å². The van der Waals surface area contributed by atoms with Gasteiger partial charge in [-0.3, -0.25) is 0 Å². The second-order valence-electron chi connectivity index (χ2n) is 3.31. The molecule has 0 radical (unpaired) electrons. The first kappa shape index (κ1) is 10.2. The Morgan fingerprint density at radius 2 is 2.08 bits per heavy atom. The molecule has 0 heterocycles. The van der Waals surface area contributed by atoms with Gasteiger partial charge in [-0.2, -0.15) is 0 Å². The summed E-state index contributed by atoms with van der Waals surface area (Å²) in [5, 5.41) is 3.24. The predicted molar refractivity (Wildman–Crippen MR) is 53.1 cm³/mol. The molecule has 1 aromatic rings. The van der Waals surface area contributed by atoms with E-state index in [9.17, 15) is 4.39 Å². The van der Waals surface area contributed by atoms with Crippen molar-refractivity contribution in [2.24, 2.45) is 0 Å². The molecule has 0 aliphatic heterocycles. The third-order valence-corrected chi connectivity index (χ3v) is 1.86. The van der Waals surface area contributed by atoms with Crippen molar-refractivity contribution >= 4 is 0 Å². The quantitative estimate of drug-likeness (QED) is 0.704. The third-order valence-electron chi connectivity index (χ3n) is 1.86. The molecule has 0 fully saturated rings. The van der Waals surface area contributed by atoms with Crippen molar-refractivity contribution in [1.29, 1.82) is 0 Å². The maximum Gasteiger partial charge on any atom is 0.123 e. The summed E-state index contributed by atoms with van der Waals surface area (Å²) >= 11 is 0. The topological polar surface area (TPSA) is 12.0 Å². The third kappa shape index (κ3) is 3.55. The van der Waals surface area contributed by atoms with Gasteiger partial charge >= 0.3 is 0 Å². The normalized spacial score (nSPS) is 10.4. The molecule has 1 N–H and O–H groups in total. The molecule has 72 valence electrons. The van der Waals surface area contributed by atoms with Crippen LogP contribution in [-0.4, -0.2) is 6.54 Å². The summed E-state index contributed by atoms with van der Waals surface area (Å²) in [5.74, 6) is -0.145. The highest BCUT2D eigenvalue weighted by molar-refractivity contribution is 5.23. The average Bonchev–Trinajstić information content (AvgIpc) is 2.03. The molecule has 0 atom stereocenters. The highest BCUT2D eigenvalue weighted by Gasteiger charge is 1.96. The molecule has 0 saturated carbocycles. The monoisotopic (exact) mass is 181 g/mol. The minimum absolute atomic E-state index is 0.145. The number of halogens is 1. The first-order valence-electron chi connectivity index (χ1n) is 4.69. The van der Waals surface area contributed by atoms with E-state index in [1.54, 1.807) is 12.1 Å². The predicted octanol–water partition coefficient (Wildman–Crippen LogP) is 2.63. The maximum absolute atomic E-state index is 12.9. The van der Waals surface area contributed by atoms with Crippen LogP contribution in [0.2, 0.25) is 0 Å².